The summed E-state index contributed by atoms with van der Waals surface area (Å²) in [6.07, 6.45) is 6.00. The number of nitrogens with zero attached hydrogens (tertiary/aromatic N) is 4. The molecule has 0 bridgehead atoms. The zero-order valence-corrected chi connectivity index (χ0v) is 18.2. The molecular formula is C26H18N4O2S. The number of nitro benzene ring substituents is 1. The SMILES string of the molecule is O=[N+]([O-])c1ccc(-c2csc(C=Cc3cn(-c4ccccc4)nc3-c3ccccc3)n2)cc1. The van der Waals surface area contributed by atoms with Gasteiger partial charge in [0.15, 0.2) is 0 Å². The third kappa shape index (κ3) is 4.49. The second-order valence-corrected chi connectivity index (χ2v) is 8.18. The largest absolute Gasteiger partial charge is 0.269 e. The number of para-hydroxylation sites is 1. The van der Waals surface area contributed by atoms with Crippen molar-refractivity contribution >= 4 is 29.2 Å². The summed E-state index contributed by atoms with van der Waals surface area (Å²) in [6, 6.07) is 26.5. The molecule has 0 unspecified atom stereocenters. The van der Waals surface area contributed by atoms with Gasteiger partial charge < -0.3 is 0 Å². The lowest BCUT2D eigenvalue weighted by molar-refractivity contribution is -0.384. The molecule has 0 N–H and O–H groups in total. The molecule has 0 aliphatic rings. The van der Waals surface area contributed by atoms with Gasteiger partial charge in [-0.25, -0.2) is 9.67 Å². The van der Waals surface area contributed by atoms with Crippen molar-refractivity contribution in [3.05, 3.63) is 117 Å². The number of aromatic nitrogens is 3. The Hall–Kier alpha value is -4.36. The normalized spacial score (nSPS) is 11.2. The summed E-state index contributed by atoms with van der Waals surface area (Å²) >= 11 is 1.52. The maximum Gasteiger partial charge on any atom is 0.269 e. The fourth-order valence-electron chi connectivity index (χ4n) is 3.45. The van der Waals surface area contributed by atoms with Gasteiger partial charge in [0, 0.05) is 40.4 Å². The van der Waals surface area contributed by atoms with Crippen LogP contribution in [0.25, 0.3) is 40.4 Å². The summed E-state index contributed by atoms with van der Waals surface area (Å²) in [6.45, 7) is 0. The minimum absolute atomic E-state index is 0.0676. The van der Waals surface area contributed by atoms with Crippen LogP contribution in [-0.4, -0.2) is 19.7 Å². The summed E-state index contributed by atoms with van der Waals surface area (Å²) in [4.78, 5) is 15.1. The van der Waals surface area contributed by atoms with E-state index in [1.54, 1.807) is 12.1 Å². The molecule has 0 aliphatic heterocycles. The number of non-ortho nitro benzene ring substituents is 1. The zero-order chi connectivity index (χ0) is 22.6. The van der Waals surface area contributed by atoms with Gasteiger partial charge in [0.25, 0.3) is 5.69 Å². The molecule has 5 rings (SSSR count). The summed E-state index contributed by atoms with van der Waals surface area (Å²) in [7, 11) is 0. The van der Waals surface area contributed by atoms with E-state index in [1.165, 1.54) is 23.5 Å². The quantitative estimate of drug-likeness (QED) is 0.212. The minimum Gasteiger partial charge on any atom is -0.258 e. The molecule has 3 aromatic carbocycles. The Balaban J connectivity index is 1.46. The molecule has 6 nitrogen and oxygen atoms in total. The highest BCUT2D eigenvalue weighted by molar-refractivity contribution is 7.10. The molecule has 0 radical (unpaired) electrons. The highest BCUT2D eigenvalue weighted by Gasteiger charge is 2.11. The van der Waals surface area contributed by atoms with Gasteiger partial charge in [0.1, 0.15) is 5.01 Å². The van der Waals surface area contributed by atoms with Crippen LogP contribution in [0.4, 0.5) is 5.69 Å². The van der Waals surface area contributed by atoms with Gasteiger partial charge >= 0.3 is 0 Å². The van der Waals surface area contributed by atoms with Crippen molar-refractivity contribution in [2.45, 2.75) is 0 Å². The van der Waals surface area contributed by atoms with Gasteiger partial charge in [-0.05, 0) is 36.4 Å². The van der Waals surface area contributed by atoms with E-state index in [9.17, 15) is 10.1 Å². The number of benzene rings is 3. The van der Waals surface area contributed by atoms with Crippen molar-refractivity contribution in [3.8, 4) is 28.2 Å². The number of nitro groups is 1. The average Bonchev–Trinajstić information content (AvgIpc) is 3.51. The maximum absolute atomic E-state index is 10.9. The first-order valence-electron chi connectivity index (χ1n) is 10.3. The van der Waals surface area contributed by atoms with Crippen molar-refractivity contribution in [3.63, 3.8) is 0 Å². The van der Waals surface area contributed by atoms with Crippen LogP contribution < -0.4 is 0 Å². The highest BCUT2D eigenvalue weighted by Crippen LogP contribution is 2.28. The van der Waals surface area contributed by atoms with Crippen molar-refractivity contribution in [1.82, 2.24) is 14.8 Å². The fraction of sp³-hybridized carbons (Fsp3) is 0. The molecule has 0 atom stereocenters. The molecule has 0 fully saturated rings. The van der Waals surface area contributed by atoms with Crippen molar-refractivity contribution in [1.29, 1.82) is 0 Å². The van der Waals surface area contributed by atoms with Crippen LogP contribution in [0.5, 0.6) is 0 Å². The molecule has 0 amide bonds. The zero-order valence-electron chi connectivity index (χ0n) is 17.4. The van der Waals surface area contributed by atoms with E-state index >= 15 is 0 Å². The monoisotopic (exact) mass is 450 g/mol. The molecule has 2 aromatic heterocycles. The Morgan fingerprint density at radius 2 is 1.55 bits per heavy atom. The molecule has 0 aliphatic carbocycles. The number of hydrogen-bond acceptors (Lipinski definition) is 5. The molecule has 0 saturated heterocycles. The first-order chi connectivity index (χ1) is 16.2. The van der Waals surface area contributed by atoms with Gasteiger partial charge in [-0.1, -0.05) is 48.5 Å². The molecular weight excluding hydrogens is 432 g/mol. The van der Waals surface area contributed by atoms with Crippen molar-refractivity contribution < 1.29 is 4.92 Å². The van der Waals surface area contributed by atoms with Crippen molar-refractivity contribution in [2.24, 2.45) is 0 Å². The second kappa shape index (κ2) is 9.02. The lowest BCUT2D eigenvalue weighted by Crippen LogP contribution is -1.93. The summed E-state index contributed by atoms with van der Waals surface area (Å²) in [5, 5.41) is 18.5. The molecule has 2 heterocycles. The molecule has 7 heteroatoms. The predicted molar refractivity (Wildman–Crippen MR) is 132 cm³/mol. The number of rotatable bonds is 6. The van der Waals surface area contributed by atoms with Crippen LogP contribution in [0.1, 0.15) is 10.6 Å². The van der Waals surface area contributed by atoms with E-state index in [1.807, 2.05) is 89.1 Å². The summed E-state index contributed by atoms with van der Waals surface area (Å²) < 4.78 is 1.88. The minimum atomic E-state index is -0.404. The Kier molecular flexibility index (Phi) is 5.61. The van der Waals surface area contributed by atoms with E-state index in [0.717, 1.165) is 38.8 Å². The van der Waals surface area contributed by atoms with Gasteiger partial charge in [-0.2, -0.15) is 5.10 Å². The van der Waals surface area contributed by atoms with E-state index < -0.39 is 4.92 Å². The third-order valence-electron chi connectivity index (χ3n) is 5.11. The molecule has 33 heavy (non-hydrogen) atoms. The molecule has 0 saturated carbocycles. The van der Waals surface area contributed by atoms with E-state index in [0.29, 0.717) is 0 Å². The standard InChI is InChI=1S/C26H18N4O2S/c31-30(32)23-14-11-19(12-15-23)24-18-33-25(27-24)16-13-21-17-29(22-9-5-2-6-10-22)28-26(21)20-7-3-1-4-8-20/h1-18H. The van der Waals surface area contributed by atoms with Crippen LogP contribution in [0.2, 0.25) is 0 Å². The smallest absolute Gasteiger partial charge is 0.258 e. The Morgan fingerprint density at radius 3 is 2.24 bits per heavy atom. The van der Waals surface area contributed by atoms with Gasteiger partial charge in [-0.15, -0.1) is 11.3 Å². The van der Waals surface area contributed by atoms with Crippen LogP contribution in [0.3, 0.4) is 0 Å². The van der Waals surface area contributed by atoms with Crippen molar-refractivity contribution in [2.75, 3.05) is 0 Å². The third-order valence-corrected chi connectivity index (χ3v) is 5.92. The highest BCUT2D eigenvalue weighted by atomic mass is 32.1. The van der Waals surface area contributed by atoms with Gasteiger partial charge in [0.2, 0.25) is 0 Å². The average molecular weight is 451 g/mol. The summed E-state index contributed by atoms with van der Waals surface area (Å²) in [5.74, 6) is 0. The molecule has 160 valence electrons. The molecule has 5 aromatic rings. The van der Waals surface area contributed by atoms with Crippen LogP contribution in [0, 0.1) is 10.1 Å². The predicted octanol–water partition coefficient (Wildman–Crippen LogP) is 6.74. The lowest BCUT2D eigenvalue weighted by Gasteiger charge is -2.00. The maximum atomic E-state index is 10.9. The Labute approximate surface area is 194 Å². The fourth-order valence-corrected chi connectivity index (χ4v) is 4.17. The van der Waals surface area contributed by atoms with Gasteiger partial charge in [0.05, 0.1) is 22.0 Å². The Morgan fingerprint density at radius 1 is 0.848 bits per heavy atom. The topological polar surface area (TPSA) is 73.8 Å². The van der Waals surface area contributed by atoms with Crippen LogP contribution in [-0.2, 0) is 0 Å². The van der Waals surface area contributed by atoms with Crippen LogP contribution in [0.15, 0.2) is 96.5 Å². The Bertz CT molecular complexity index is 1420. The second-order valence-electron chi connectivity index (χ2n) is 7.29. The first-order valence-corrected chi connectivity index (χ1v) is 11.1. The molecule has 0 spiro atoms. The number of hydrogen-bond donors (Lipinski definition) is 0. The lowest BCUT2D eigenvalue weighted by atomic mass is 10.1. The van der Waals surface area contributed by atoms with Gasteiger partial charge in [-0.3, -0.25) is 10.1 Å². The number of thiazole rings is 1. The van der Waals surface area contributed by atoms with E-state index in [2.05, 4.69) is 4.98 Å². The first kappa shape index (κ1) is 20.5. The van der Waals surface area contributed by atoms with Crippen LogP contribution >= 0.6 is 11.3 Å². The van der Waals surface area contributed by atoms with E-state index in [4.69, 9.17) is 5.10 Å². The summed E-state index contributed by atoms with van der Waals surface area (Å²) in [5.41, 5.74) is 5.61. The van der Waals surface area contributed by atoms with E-state index in [-0.39, 0.29) is 5.69 Å².